The van der Waals surface area contributed by atoms with Crippen LogP contribution in [0.1, 0.15) is 42.7 Å². The number of nitrogens with zero attached hydrogens (tertiary/aromatic N) is 2. The average molecular weight is 276 g/mol. The fourth-order valence-electron chi connectivity index (χ4n) is 1.99. The van der Waals surface area contributed by atoms with Gasteiger partial charge >= 0.3 is 0 Å². The first-order valence-electron chi connectivity index (χ1n) is 6.80. The molecule has 0 aliphatic carbocycles. The normalized spacial score (nSPS) is 11.8. The minimum absolute atomic E-state index is 0.236. The first-order valence-corrected chi connectivity index (χ1v) is 6.80. The zero-order chi connectivity index (χ0) is 14.8. The van der Waals surface area contributed by atoms with Crippen LogP contribution in [-0.4, -0.2) is 38.3 Å². The third-order valence-electron chi connectivity index (χ3n) is 3.76. The van der Waals surface area contributed by atoms with Crippen LogP contribution in [0.5, 0.6) is 0 Å². The van der Waals surface area contributed by atoms with Crippen molar-refractivity contribution >= 4 is 16.9 Å². The van der Waals surface area contributed by atoms with Gasteiger partial charge in [-0.25, -0.2) is 4.98 Å². The Kier molecular flexibility index (Phi) is 4.04. The van der Waals surface area contributed by atoms with E-state index in [9.17, 15) is 9.90 Å². The van der Waals surface area contributed by atoms with Gasteiger partial charge in [-0.05, 0) is 25.8 Å². The van der Waals surface area contributed by atoms with Crippen LogP contribution in [-0.2, 0) is 0 Å². The van der Waals surface area contributed by atoms with Gasteiger partial charge in [-0.2, -0.15) is 5.10 Å². The maximum absolute atomic E-state index is 12.1. The molecular weight excluding hydrogens is 256 g/mol. The number of amides is 1. The topological polar surface area (TPSA) is 90.9 Å². The third kappa shape index (κ3) is 2.80. The second-order valence-corrected chi connectivity index (χ2v) is 5.06. The minimum atomic E-state index is -0.848. The van der Waals surface area contributed by atoms with E-state index < -0.39 is 5.60 Å². The van der Waals surface area contributed by atoms with Crippen molar-refractivity contribution in [2.45, 2.75) is 39.2 Å². The summed E-state index contributed by atoms with van der Waals surface area (Å²) in [5.74, 6) is -0.236. The van der Waals surface area contributed by atoms with E-state index in [1.54, 1.807) is 6.07 Å². The van der Waals surface area contributed by atoms with E-state index >= 15 is 0 Å². The molecule has 108 valence electrons. The molecule has 2 aromatic rings. The number of hydrogen-bond acceptors (Lipinski definition) is 4. The van der Waals surface area contributed by atoms with Gasteiger partial charge in [0, 0.05) is 23.8 Å². The van der Waals surface area contributed by atoms with Gasteiger partial charge in [0.25, 0.3) is 5.91 Å². The molecule has 0 aliphatic heterocycles. The number of nitrogens with one attached hydrogen (secondary N) is 2. The first-order chi connectivity index (χ1) is 9.49. The van der Waals surface area contributed by atoms with Crippen LogP contribution in [0.2, 0.25) is 0 Å². The highest BCUT2D eigenvalue weighted by Gasteiger charge is 2.23. The Morgan fingerprint density at radius 1 is 1.45 bits per heavy atom. The van der Waals surface area contributed by atoms with Gasteiger partial charge in [0.15, 0.2) is 5.65 Å². The van der Waals surface area contributed by atoms with Crippen LogP contribution in [0.15, 0.2) is 12.3 Å². The van der Waals surface area contributed by atoms with Crippen LogP contribution in [0.3, 0.4) is 0 Å². The van der Waals surface area contributed by atoms with Crippen LogP contribution in [0, 0.1) is 6.92 Å². The smallest absolute Gasteiger partial charge is 0.252 e. The molecule has 2 aromatic heterocycles. The molecule has 1 amide bonds. The maximum Gasteiger partial charge on any atom is 0.252 e. The molecule has 0 aromatic carbocycles. The van der Waals surface area contributed by atoms with Crippen molar-refractivity contribution in [2.75, 3.05) is 6.54 Å². The minimum Gasteiger partial charge on any atom is -0.388 e. The molecule has 20 heavy (non-hydrogen) atoms. The number of hydrogen-bond donors (Lipinski definition) is 3. The van der Waals surface area contributed by atoms with Crippen LogP contribution >= 0.6 is 0 Å². The summed E-state index contributed by atoms with van der Waals surface area (Å²) >= 11 is 0. The van der Waals surface area contributed by atoms with Crippen molar-refractivity contribution < 1.29 is 9.90 Å². The van der Waals surface area contributed by atoms with Gasteiger partial charge in [0.1, 0.15) is 0 Å². The summed E-state index contributed by atoms with van der Waals surface area (Å²) in [5.41, 5.74) is 1.09. The molecule has 0 unspecified atom stereocenters. The quantitative estimate of drug-likeness (QED) is 0.772. The number of carbonyl (C=O) groups excluding carboxylic acids is 1. The first kappa shape index (κ1) is 14.5. The van der Waals surface area contributed by atoms with Gasteiger partial charge in [0.2, 0.25) is 0 Å². The highest BCUT2D eigenvalue weighted by atomic mass is 16.3. The second-order valence-electron chi connectivity index (χ2n) is 5.06. The molecule has 0 saturated carbocycles. The molecule has 0 saturated heterocycles. The number of carbonyl (C=O) groups is 1. The summed E-state index contributed by atoms with van der Waals surface area (Å²) in [6.45, 7) is 5.92. The summed E-state index contributed by atoms with van der Waals surface area (Å²) in [5, 5.41) is 20.6. The molecule has 0 atom stereocenters. The molecule has 0 bridgehead atoms. The van der Waals surface area contributed by atoms with Gasteiger partial charge in [0.05, 0.1) is 11.2 Å². The Labute approximate surface area is 117 Å². The monoisotopic (exact) mass is 276 g/mol. The van der Waals surface area contributed by atoms with E-state index in [-0.39, 0.29) is 12.5 Å². The predicted octanol–water partition coefficient (Wildman–Crippen LogP) is 1.55. The molecule has 2 heterocycles. The zero-order valence-corrected chi connectivity index (χ0v) is 12.0. The Balaban J connectivity index is 2.13. The number of aromatic nitrogens is 3. The van der Waals surface area contributed by atoms with Crippen molar-refractivity contribution in [1.82, 2.24) is 20.5 Å². The average Bonchev–Trinajstić information content (AvgIpc) is 2.85. The maximum atomic E-state index is 12.1. The lowest BCUT2D eigenvalue weighted by Crippen LogP contribution is -2.42. The summed E-state index contributed by atoms with van der Waals surface area (Å²) < 4.78 is 0. The Morgan fingerprint density at radius 2 is 2.15 bits per heavy atom. The fraction of sp³-hybridized carbons (Fsp3) is 0.500. The summed E-state index contributed by atoms with van der Waals surface area (Å²) in [6.07, 6.45) is 2.69. The van der Waals surface area contributed by atoms with Crippen molar-refractivity contribution in [3.8, 4) is 0 Å². The number of rotatable bonds is 5. The third-order valence-corrected chi connectivity index (χ3v) is 3.76. The fourth-order valence-corrected chi connectivity index (χ4v) is 1.99. The molecule has 0 radical (unpaired) electrons. The molecule has 3 N–H and O–H groups in total. The number of fused-ring (bicyclic) bond motifs is 1. The number of H-pyrrole nitrogens is 1. The molecule has 0 spiro atoms. The van der Waals surface area contributed by atoms with Crippen LogP contribution < -0.4 is 5.32 Å². The number of pyridine rings is 1. The van der Waals surface area contributed by atoms with Crippen molar-refractivity contribution in [3.63, 3.8) is 0 Å². The standard InChI is InChI=1S/C14H20N4O2/c1-4-14(20,5-2)8-16-13(19)10-6-11-9(3)17-18-12(11)15-7-10/h6-7,20H,4-5,8H2,1-3H3,(H,16,19)(H,15,17,18). The molecule has 2 rings (SSSR count). The largest absolute Gasteiger partial charge is 0.388 e. The lowest BCUT2D eigenvalue weighted by molar-refractivity contribution is 0.0314. The van der Waals surface area contributed by atoms with Crippen LogP contribution in [0.25, 0.3) is 11.0 Å². The SMILES string of the molecule is CCC(O)(CC)CNC(=O)c1cnc2n[nH]c(C)c2c1. The lowest BCUT2D eigenvalue weighted by Gasteiger charge is -2.25. The lowest BCUT2D eigenvalue weighted by atomic mass is 9.97. The van der Waals surface area contributed by atoms with Crippen molar-refractivity contribution in [2.24, 2.45) is 0 Å². The van der Waals surface area contributed by atoms with E-state index in [1.165, 1.54) is 6.20 Å². The highest BCUT2D eigenvalue weighted by molar-refractivity contribution is 5.97. The molecule has 6 nitrogen and oxygen atoms in total. The van der Waals surface area contributed by atoms with Gasteiger partial charge in [-0.3, -0.25) is 9.89 Å². The molecule has 0 aliphatic rings. The van der Waals surface area contributed by atoms with Crippen LogP contribution in [0.4, 0.5) is 0 Å². The van der Waals surface area contributed by atoms with Crippen molar-refractivity contribution in [3.05, 3.63) is 23.5 Å². The molecule has 0 fully saturated rings. The summed E-state index contributed by atoms with van der Waals surface area (Å²) in [4.78, 5) is 16.2. The second kappa shape index (κ2) is 5.58. The van der Waals surface area contributed by atoms with Gasteiger partial charge in [-0.15, -0.1) is 0 Å². The van der Waals surface area contributed by atoms with E-state index in [2.05, 4.69) is 20.5 Å². The number of aliphatic hydroxyl groups is 1. The number of aryl methyl sites for hydroxylation is 1. The Bertz CT molecular complexity index is 617. The summed E-state index contributed by atoms with van der Waals surface area (Å²) in [6, 6.07) is 1.76. The van der Waals surface area contributed by atoms with E-state index in [0.717, 1.165) is 11.1 Å². The van der Waals surface area contributed by atoms with Gasteiger partial charge < -0.3 is 10.4 Å². The van der Waals surface area contributed by atoms with Crippen molar-refractivity contribution in [1.29, 1.82) is 0 Å². The predicted molar refractivity (Wildman–Crippen MR) is 76.5 cm³/mol. The van der Waals surface area contributed by atoms with E-state index in [4.69, 9.17) is 0 Å². The Morgan fingerprint density at radius 3 is 2.80 bits per heavy atom. The molecular formula is C14H20N4O2. The zero-order valence-electron chi connectivity index (χ0n) is 12.0. The highest BCUT2D eigenvalue weighted by Crippen LogP contribution is 2.16. The Hall–Kier alpha value is -1.95. The molecule has 6 heteroatoms. The van der Waals surface area contributed by atoms with E-state index in [1.807, 2.05) is 20.8 Å². The summed E-state index contributed by atoms with van der Waals surface area (Å²) in [7, 11) is 0. The van der Waals surface area contributed by atoms with Gasteiger partial charge in [-0.1, -0.05) is 13.8 Å². The number of aromatic amines is 1. The van der Waals surface area contributed by atoms with E-state index in [0.29, 0.717) is 24.1 Å².